The molecular formula is C15H17NO3. The van der Waals surface area contributed by atoms with Crippen LogP contribution in [0.5, 0.6) is 17.2 Å². The van der Waals surface area contributed by atoms with Gasteiger partial charge < -0.3 is 20.6 Å². The Morgan fingerprint density at radius 3 is 2.42 bits per heavy atom. The molecule has 4 N–H and O–H groups in total. The number of hydrogen-bond donors (Lipinski definition) is 4. The maximum atomic E-state index is 9.37. The summed E-state index contributed by atoms with van der Waals surface area (Å²) in [6.07, 6.45) is 0.757. The minimum atomic E-state index is -0.100. The lowest BCUT2D eigenvalue weighted by molar-refractivity contribution is 0.403. The fraction of sp³-hybridized carbons (Fsp3) is 0.200. The predicted molar refractivity (Wildman–Crippen MR) is 73.3 cm³/mol. The molecule has 100 valence electrons. The highest BCUT2D eigenvalue weighted by Gasteiger charge is 2.00. The molecule has 0 fully saturated rings. The van der Waals surface area contributed by atoms with Crippen LogP contribution in [0.15, 0.2) is 42.5 Å². The number of phenols is 3. The van der Waals surface area contributed by atoms with Gasteiger partial charge in [0.05, 0.1) is 0 Å². The van der Waals surface area contributed by atoms with Gasteiger partial charge in [0.25, 0.3) is 0 Å². The van der Waals surface area contributed by atoms with Crippen molar-refractivity contribution in [2.45, 2.75) is 13.0 Å². The molecule has 2 aromatic rings. The molecule has 0 heterocycles. The number of benzene rings is 2. The summed E-state index contributed by atoms with van der Waals surface area (Å²) < 4.78 is 0. The van der Waals surface area contributed by atoms with E-state index in [4.69, 9.17) is 0 Å². The Balaban J connectivity index is 1.79. The quantitative estimate of drug-likeness (QED) is 0.490. The Morgan fingerprint density at radius 1 is 0.842 bits per heavy atom. The van der Waals surface area contributed by atoms with E-state index in [1.165, 1.54) is 6.07 Å². The van der Waals surface area contributed by atoms with E-state index in [0.29, 0.717) is 6.54 Å². The van der Waals surface area contributed by atoms with Gasteiger partial charge in [0, 0.05) is 6.54 Å². The van der Waals surface area contributed by atoms with Crippen LogP contribution in [-0.4, -0.2) is 21.9 Å². The molecule has 2 aromatic carbocycles. The smallest absolute Gasteiger partial charge is 0.157 e. The summed E-state index contributed by atoms with van der Waals surface area (Å²) in [5.74, 6) is 0.0738. The molecule has 0 atom stereocenters. The van der Waals surface area contributed by atoms with Gasteiger partial charge in [-0.15, -0.1) is 0 Å². The molecule has 4 nitrogen and oxygen atoms in total. The summed E-state index contributed by atoms with van der Waals surface area (Å²) in [7, 11) is 0. The highest BCUT2D eigenvalue weighted by molar-refractivity contribution is 5.40. The third-order valence-electron chi connectivity index (χ3n) is 2.87. The Morgan fingerprint density at radius 2 is 1.68 bits per heavy atom. The molecule has 0 saturated heterocycles. The van der Waals surface area contributed by atoms with Gasteiger partial charge >= 0.3 is 0 Å². The Bertz CT molecular complexity index is 555. The van der Waals surface area contributed by atoms with Crippen molar-refractivity contribution >= 4 is 0 Å². The monoisotopic (exact) mass is 259 g/mol. The van der Waals surface area contributed by atoms with Crippen LogP contribution in [0.1, 0.15) is 11.1 Å². The van der Waals surface area contributed by atoms with Gasteiger partial charge in [0.1, 0.15) is 5.75 Å². The maximum absolute atomic E-state index is 9.37. The number of aromatic hydroxyl groups is 3. The molecule has 2 rings (SSSR count). The fourth-order valence-corrected chi connectivity index (χ4v) is 1.86. The van der Waals surface area contributed by atoms with E-state index in [0.717, 1.165) is 24.1 Å². The number of hydrogen-bond acceptors (Lipinski definition) is 4. The van der Waals surface area contributed by atoms with E-state index in [1.54, 1.807) is 24.3 Å². The second-order valence-corrected chi connectivity index (χ2v) is 4.42. The third-order valence-corrected chi connectivity index (χ3v) is 2.87. The van der Waals surface area contributed by atoms with E-state index in [2.05, 4.69) is 5.32 Å². The second-order valence-electron chi connectivity index (χ2n) is 4.42. The van der Waals surface area contributed by atoms with Gasteiger partial charge in [-0.3, -0.25) is 0 Å². The lowest BCUT2D eigenvalue weighted by Gasteiger charge is -2.06. The van der Waals surface area contributed by atoms with E-state index in [1.807, 2.05) is 12.1 Å². The van der Waals surface area contributed by atoms with Gasteiger partial charge in [-0.2, -0.15) is 0 Å². The summed E-state index contributed by atoms with van der Waals surface area (Å²) in [6, 6.07) is 11.9. The van der Waals surface area contributed by atoms with Gasteiger partial charge in [0.15, 0.2) is 11.5 Å². The van der Waals surface area contributed by atoms with Gasteiger partial charge in [0.2, 0.25) is 0 Å². The second kappa shape index (κ2) is 6.11. The average molecular weight is 259 g/mol. The molecule has 0 aliphatic rings. The van der Waals surface area contributed by atoms with Crippen molar-refractivity contribution in [3.8, 4) is 17.2 Å². The van der Waals surface area contributed by atoms with Crippen LogP contribution >= 0.6 is 0 Å². The molecule has 0 bridgehead atoms. The lowest BCUT2D eigenvalue weighted by atomic mass is 10.1. The van der Waals surface area contributed by atoms with Crippen molar-refractivity contribution in [1.29, 1.82) is 0 Å². The van der Waals surface area contributed by atoms with Crippen LogP contribution in [0, 0.1) is 0 Å². The topological polar surface area (TPSA) is 72.7 Å². The number of phenolic OH excluding ortho intramolecular Hbond substituents is 3. The minimum absolute atomic E-state index is 0.0921. The van der Waals surface area contributed by atoms with Gasteiger partial charge in [-0.1, -0.05) is 18.2 Å². The van der Waals surface area contributed by atoms with Crippen LogP contribution in [0.4, 0.5) is 0 Å². The van der Waals surface area contributed by atoms with Crippen molar-refractivity contribution in [3.63, 3.8) is 0 Å². The Labute approximate surface area is 112 Å². The number of rotatable bonds is 5. The largest absolute Gasteiger partial charge is 0.508 e. The third kappa shape index (κ3) is 3.89. The van der Waals surface area contributed by atoms with Crippen molar-refractivity contribution in [1.82, 2.24) is 5.32 Å². The molecule has 19 heavy (non-hydrogen) atoms. The first-order valence-corrected chi connectivity index (χ1v) is 6.14. The highest BCUT2D eigenvalue weighted by Crippen LogP contribution is 2.24. The molecule has 0 aliphatic heterocycles. The zero-order valence-electron chi connectivity index (χ0n) is 10.5. The molecular weight excluding hydrogens is 242 g/mol. The van der Waals surface area contributed by atoms with Crippen LogP contribution in [0.2, 0.25) is 0 Å². The Kier molecular flexibility index (Phi) is 4.26. The summed E-state index contributed by atoms with van der Waals surface area (Å²) >= 11 is 0. The van der Waals surface area contributed by atoms with E-state index in [-0.39, 0.29) is 17.2 Å². The van der Waals surface area contributed by atoms with E-state index < -0.39 is 0 Å². The van der Waals surface area contributed by atoms with Crippen molar-refractivity contribution < 1.29 is 15.3 Å². The van der Waals surface area contributed by atoms with Crippen molar-refractivity contribution in [3.05, 3.63) is 53.6 Å². The van der Waals surface area contributed by atoms with E-state index >= 15 is 0 Å². The zero-order valence-corrected chi connectivity index (χ0v) is 10.5. The first-order valence-electron chi connectivity index (χ1n) is 6.14. The molecule has 0 spiro atoms. The minimum Gasteiger partial charge on any atom is -0.508 e. The molecule has 0 saturated carbocycles. The summed E-state index contributed by atoms with van der Waals surface area (Å²) in [5.41, 5.74) is 1.98. The molecule has 0 unspecified atom stereocenters. The summed E-state index contributed by atoms with van der Waals surface area (Å²) in [6.45, 7) is 1.43. The first-order chi connectivity index (χ1) is 9.15. The van der Waals surface area contributed by atoms with Crippen LogP contribution in [-0.2, 0) is 13.0 Å². The standard InChI is InChI=1S/C15H17NO3/c17-13-3-1-2-12(8-13)10-16-7-6-11-4-5-14(18)15(19)9-11/h1-5,8-9,16-19H,6-7,10H2. The fourth-order valence-electron chi connectivity index (χ4n) is 1.86. The molecule has 0 aromatic heterocycles. The SMILES string of the molecule is Oc1cccc(CNCCc2ccc(O)c(O)c2)c1. The van der Waals surface area contributed by atoms with Crippen LogP contribution < -0.4 is 5.32 Å². The van der Waals surface area contributed by atoms with Gasteiger partial charge in [-0.05, 0) is 48.4 Å². The normalized spacial score (nSPS) is 10.5. The lowest BCUT2D eigenvalue weighted by Crippen LogP contribution is -2.16. The molecule has 4 heteroatoms. The van der Waals surface area contributed by atoms with Crippen molar-refractivity contribution in [2.75, 3.05) is 6.54 Å². The summed E-state index contributed by atoms with van der Waals surface area (Å²) in [5, 5.41) is 31.1. The number of nitrogens with one attached hydrogen (secondary N) is 1. The molecule has 0 amide bonds. The van der Waals surface area contributed by atoms with Gasteiger partial charge in [-0.25, -0.2) is 0 Å². The van der Waals surface area contributed by atoms with Crippen LogP contribution in [0.3, 0.4) is 0 Å². The zero-order chi connectivity index (χ0) is 13.7. The average Bonchev–Trinajstić information content (AvgIpc) is 2.39. The predicted octanol–water partition coefficient (Wildman–Crippen LogP) is 2.14. The highest BCUT2D eigenvalue weighted by atomic mass is 16.3. The van der Waals surface area contributed by atoms with E-state index in [9.17, 15) is 15.3 Å². The first kappa shape index (κ1) is 13.2. The molecule has 0 aliphatic carbocycles. The molecule has 0 radical (unpaired) electrons. The van der Waals surface area contributed by atoms with Crippen molar-refractivity contribution in [2.24, 2.45) is 0 Å². The Hall–Kier alpha value is -2.20. The summed E-state index contributed by atoms with van der Waals surface area (Å²) in [4.78, 5) is 0. The van der Waals surface area contributed by atoms with Crippen LogP contribution in [0.25, 0.3) is 0 Å². The maximum Gasteiger partial charge on any atom is 0.157 e.